The fraction of sp³-hybridized carbons (Fsp3) is 0.462. The van der Waals surface area contributed by atoms with Crippen molar-refractivity contribution in [1.82, 2.24) is 5.32 Å². The van der Waals surface area contributed by atoms with Crippen LogP contribution in [0.2, 0.25) is 0 Å². The van der Waals surface area contributed by atoms with Crippen LogP contribution in [0.1, 0.15) is 50.0 Å². The number of benzene rings is 2. The Morgan fingerprint density at radius 3 is 2.55 bits per heavy atom. The van der Waals surface area contributed by atoms with Crippen LogP contribution in [0.3, 0.4) is 0 Å². The van der Waals surface area contributed by atoms with Crippen LogP contribution in [0.5, 0.6) is 0 Å². The molecule has 0 bridgehead atoms. The lowest BCUT2D eigenvalue weighted by atomic mass is 10.0. The Balaban J connectivity index is 1.60. The van der Waals surface area contributed by atoms with E-state index in [1.807, 2.05) is 76.2 Å². The van der Waals surface area contributed by atoms with E-state index in [1.54, 1.807) is 6.07 Å². The van der Waals surface area contributed by atoms with Crippen molar-refractivity contribution in [2.45, 2.75) is 58.5 Å². The van der Waals surface area contributed by atoms with Crippen LogP contribution in [0.15, 0.2) is 54.6 Å². The lowest BCUT2D eigenvalue weighted by Gasteiger charge is -2.39. The first-order valence-electron chi connectivity index (χ1n) is 11.4. The molecule has 0 aliphatic carbocycles. The zero-order valence-corrected chi connectivity index (χ0v) is 19.9. The summed E-state index contributed by atoms with van der Waals surface area (Å²) in [4.78, 5) is 27.0. The summed E-state index contributed by atoms with van der Waals surface area (Å²) in [7, 11) is 0. The predicted molar refractivity (Wildman–Crippen MR) is 127 cm³/mol. The summed E-state index contributed by atoms with van der Waals surface area (Å²) < 4.78 is 16.8. The zero-order chi connectivity index (χ0) is 23.8. The van der Waals surface area contributed by atoms with Crippen molar-refractivity contribution in [3.8, 4) is 0 Å². The monoisotopic (exact) mass is 454 g/mol. The summed E-state index contributed by atoms with van der Waals surface area (Å²) in [5.74, 6) is -0.344. The Labute approximate surface area is 196 Å². The normalized spacial score (nSPS) is 18.5. The van der Waals surface area contributed by atoms with E-state index >= 15 is 0 Å². The highest BCUT2D eigenvalue weighted by Gasteiger charge is 2.32. The molecular formula is C26H34N2O5. The Kier molecular flexibility index (Phi) is 8.33. The van der Waals surface area contributed by atoms with Gasteiger partial charge in [-0.3, -0.25) is 0 Å². The molecule has 7 nitrogen and oxygen atoms in total. The number of anilines is 1. The topological polar surface area (TPSA) is 77.1 Å². The summed E-state index contributed by atoms with van der Waals surface area (Å²) in [6, 6.07) is 16.9. The Morgan fingerprint density at radius 1 is 1.09 bits per heavy atom. The number of piperidine rings is 1. The van der Waals surface area contributed by atoms with E-state index in [0.29, 0.717) is 31.7 Å². The van der Waals surface area contributed by atoms with Gasteiger partial charge in [0.05, 0.1) is 17.7 Å². The second kappa shape index (κ2) is 11.2. The van der Waals surface area contributed by atoms with Crippen molar-refractivity contribution in [2.24, 2.45) is 0 Å². The maximum Gasteiger partial charge on any atom is 0.407 e. The fourth-order valence-electron chi connectivity index (χ4n) is 3.78. The maximum atomic E-state index is 12.5. The van der Waals surface area contributed by atoms with E-state index in [0.717, 1.165) is 11.3 Å². The smallest absolute Gasteiger partial charge is 0.407 e. The maximum absolute atomic E-state index is 12.5. The highest BCUT2D eigenvalue weighted by atomic mass is 16.6. The van der Waals surface area contributed by atoms with Crippen molar-refractivity contribution in [2.75, 3.05) is 24.6 Å². The Bertz CT molecular complexity index is 926. The van der Waals surface area contributed by atoms with Crippen LogP contribution in [0.25, 0.3) is 0 Å². The number of carbonyl (C=O) groups is 2. The Morgan fingerprint density at radius 2 is 1.85 bits per heavy atom. The number of nitrogens with one attached hydrogen (secondary N) is 1. The summed E-state index contributed by atoms with van der Waals surface area (Å²) in [5, 5.41) is 2.96. The minimum atomic E-state index is -0.549. The molecule has 1 fully saturated rings. The van der Waals surface area contributed by atoms with Crippen molar-refractivity contribution < 1.29 is 23.8 Å². The van der Waals surface area contributed by atoms with E-state index < -0.39 is 11.7 Å². The first-order chi connectivity index (χ1) is 15.7. The molecule has 1 N–H and O–H groups in total. The molecular weight excluding hydrogens is 420 g/mol. The van der Waals surface area contributed by atoms with Gasteiger partial charge in [-0.2, -0.15) is 0 Å². The van der Waals surface area contributed by atoms with E-state index in [9.17, 15) is 9.59 Å². The molecule has 0 spiro atoms. The van der Waals surface area contributed by atoms with Gasteiger partial charge in [-0.15, -0.1) is 0 Å². The second-order valence-electron chi connectivity index (χ2n) is 9.09. The van der Waals surface area contributed by atoms with Gasteiger partial charge in [0.1, 0.15) is 12.2 Å². The lowest BCUT2D eigenvalue weighted by Crippen LogP contribution is -2.55. The molecule has 2 atom stereocenters. The molecule has 0 aromatic heterocycles. The van der Waals surface area contributed by atoms with Crippen molar-refractivity contribution in [1.29, 1.82) is 0 Å². The molecule has 7 heteroatoms. The van der Waals surface area contributed by atoms with Crippen molar-refractivity contribution in [3.63, 3.8) is 0 Å². The summed E-state index contributed by atoms with van der Waals surface area (Å²) in [5.41, 5.74) is 1.83. The van der Waals surface area contributed by atoms with Crippen LogP contribution in [0, 0.1) is 0 Å². The van der Waals surface area contributed by atoms with E-state index in [4.69, 9.17) is 14.2 Å². The van der Waals surface area contributed by atoms with E-state index in [-0.39, 0.29) is 24.7 Å². The molecule has 1 aliphatic heterocycles. The summed E-state index contributed by atoms with van der Waals surface area (Å²) in [6.45, 7) is 9.56. The molecule has 1 heterocycles. The molecule has 0 saturated carbocycles. The Hall–Kier alpha value is -3.06. The minimum absolute atomic E-state index is 0.154. The van der Waals surface area contributed by atoms with Crippen LogP contribution < -0.4 is 10.2 Å². The molecule has 2 aromatic carbocycles. The molecule has 1 saturated heterocycles. The van der Waals surface area contributed by atoms with Crippen LogP contribution >= 0.6 is 0 Å². The van der Waals surface area contributed by atoms with E-state index in [1.165, 1.54) is 0 Å². The number of hydrogen-bond donors (Lipinski definition) is 1. The number of carbonyl (C=O) groups excluding carboxylic acids is 2. The molecule has 1 amide bonds. The average molecular weight is 455 g/mol. The van der Waals surface area contributed by atoms with Gasteiger partial charge in [0.25, 0.3) is 0 Å². The van der Waals surface area contributed by atoms with Gasteiger partial charge >= 0.3 is 12.1 Å². The molecule has 3 rings (SSSR count). The third-order valence-corrected chi connectivity index (χ3v) is 5.30. The fourth-order valence-corrected chi connectivity index (χ4v) is 3.78. The van der Waals surface area contributed by atoms with Crippen LogP contribution in [0.4, 0.5) is 10.5 Å². The van der Waals surface area contributed by atoms with Crippen molar-refractivity contribution in [3.05, 3.63) is 65.7 Å². The van der Waals surface area contributed by atoms with Crippen molar-refractivity contribution >= 4 is 17.7 Å². The lowest BCUT2D eigenvalue weighted by molar-refractivity contribution is 0.00694. The van der Waals surface area contributed by atoms with Gasteiger partial charge in [-0.1, -0.05) is 36.4 Å². The van der Waals surface area contributed by atoms with Gasteiger partial charge in [0.15, 0.2) is 0 Å². The first-order valence-corrected chi connectivity index (χ1v) is 11.4. The molecule has 33 heavy (non-hydrogen) atoms. The summed E-state index contributed by atoms with van der Waals surface area (Å²) >= 11 is 0. The molecule has 2 unspecified atom stereocenters. The van der Waals surface area contributed by atoms with Crippen LogP contribution in [-0.4, -0.2) is 49.5 Å². The number of esters is 1. The quantitative estimate of drug-likeness (QED) is 0.619. The number of rotatable bonds is 7. The average Bonchev–Trinajstić information content (AvgIpc) is 2.79. The second-order valence-corrected chi connectivity index (χ2v) is 9.09. The molecule has 2 aromatic rings. The third-order valence-electron chi connectivity index (χ3n) is 5.30. The third kappa shape index (κ3) is 7.49. The van der Waals surface area contributed by atoms with Gasteiger partial charge < -0.3 is 24.4 Å². The first kappa shape index (κ1) is 24.6. The number of amides is 1. The standard InChI is InChI=1S/C26H34N2O5/c1-5-31-23-17-28(21-13-9-12-20(16-21)24(29)33-26(2,3)4)15-14-22(23)27-25(30)32-18-19-10-7-6-8-11-19/h6-13,16,22-23H,5,14-15,17-18H2,1-4H3,(H,27,30). The largest absolute Gasteiger partial charge is 0.456 e. The molecule has 1 aliphatic rings. The number of hydrogen-bond acceptors (Lipinski definition) is 6. The highest BCUT2D eigenvalue weighted by Crippen LogP contribution is 2.24. The van der Waals surface area contributed by atoms with Gasteiger partial charge in [-0.25, -0.2) is 9.59 Å². The molecule has 0 radical (unpaired) electrons. The number of ether oxygens (including phenoxy) is 3. The zero-order valence-electron chi connectivity index (χ0n) is 19.9. The van der Waals surface area contributed by atoms with E-state index in [2.05, 4.69) is 10.2 Å². The highest BCUT2D eigenvalue weighted by molar-refractivity contribution is 5.90. The number of alkyl carbamates (subject to hydrolysis) is 1. The van der Waals surface area contributed by atoms with Crippen LogP contribution in [-0.2, 0) is 20.8 Å². The van der Waals surface area contributed by atoms with Gasteiger partial charge in [0, 0.05) is 25.4 Å². The van der Waals surface area contributed by atoms with Gasteiger partial charge in [-0.05, 0) is 57.9 Å². The van der Waals surface area contributed by atoms with Gasteiger partial charge in [0.2, 0.25) is 0 Å². The number of nitrogens with zero attached hydrogens (tertiary/aromatic N) is 1. The SMILES string of the molecule is CCOC1CN(c2cccc(C(=O)OC(C)(C)C)c2)CCC1NC(=O)OCc1ccccc1. The summed E-state index contributed by atoms with van der Waals surface area (Å²) in [6.07, 6.45) is 0.0500. The predicted octanol–water partition coefficient (Wildman–Crippen LogP) is 4.55. The minimum Gasteiger partial charge on any atom is -0.456 e. The molecule has 178 valence electrons.